The van der Waals surface area contributed by atoms with Gasteiger partial charge in [-0.15, -0.1) is 11.8 Å². The maximum Gasteiger partial charge on any atom is 0.248 e. The smallest absolute Gasteiger partial charge is 0.248 e. The van der Waals surface area contributed by atoms with Gasteiger partial charge in [-0.25, -0.2) is 0 Å². The van der Waals surface area contributed by atoms with E-state index in [9.17, 15) is 79.2 Å². The zero-order chi connectivity index (χ0) is 60.5. The molecule has 4 rings (SSSR count). The van der Waals surface area contributed by atoms with Crippen LogP contribution in [0.4, 0.5) is 0 Å². The van der Waals surface area contributed by atoms with Crippen LogP contribution in [0.2, 0.25) is 0 Å². The molecule has 3 aliphatic heterocycles. The van der Waals surface area contributed by atoms with Crippen LogP contribution < -0.4 is 32.3 Å². The molecule has 15 N–H and O–H groups in total. The van der Waals surface area contributed by atoms with E-state index in [2.05, 4.69) is 47.4 Å². The number of fused-ring (bicyclic) bond motifs is 2. The van der Waals surface area contributed by atoms with E-state index in [1.807, 2.05) is 21.1 Å². The highest BCUT2D eigenvalue weighted by atomic mass is 32.2. The molecule has 3 fully saturated rings. The Balaban J connectivity index is 1.78. The summed E-state index contributed by atoms with van der Waals surface area (Å²) in [6.07, 6.45) is -6.65. The minimum atomic E-state index is -2.34. The summed E-state index contributed by atoms with van der Waals surface area (Å²) in [4.78, 5) is 115. The molecule has 0 saturated carbocycles. The summed E-state index contributed by atoms with van der Waals surface area (Å²) in [6.45, 7) is 7.43. The van der Waals surface area contributed by atoms with Gasteiger partial charge in [0.15, 0.2) is 0 Å². The van der Waals surface area contributed by atoms with Crippen LogP contribution in [0.5, 0.6) is 5.75 Å². The predicted molar refractivity (Wildman–Crippen MR) is 299 cm³/mol. The summed E-state index contributed by atoms with van der Waals surface area (Å²) in [5, 5.41) is 101. The third-order valence-corrected chi connectivity index (χ3v) is 16.6. The molecule has 8 amide bonds. The van der Waals surface area contributed by atoms with Crippen molar-refractivity contribution in [1.82, 2.24) is 36.4 Å². The standard InChI is InChI=1S/C55H91N9O16S/c1-8-30(2)25-31(3)15-13-11-9-10-12-14-16-42(72)57-36-27-40(70)53(81-24-23-64(5,6)7)61-52(78)46-38(68)21-22-62(46)55(80)44(39(69)28-41(56)71)59-51(77)45(48(74)47(73)33-17-19-34(66)20-18-33)60-50(76)37-26-35(67)29-63(37)54(79)43(32(4)65)58-49(36)75/h17-20,30-32,35-40,43-48,53,65,67-70,73-74H,8-16,21-29H2,1-7H3,(H7-,56,57,58,59,60,61,66,71,72,75,76,77,78)/p+1/t30?,31?,32-,35-,36?,37?,38+,39-,40-,43?,44?,45?,46?,47+,48?,53?/m1/s1. The van der Waals surface area contributed by atoms with Crippen LogP contribution in [0.1, 0.15) is 129 Å². The molecule has 16 atom stereocenters. The van der Waals surface area contributed by atoms with Gasteiger partial charge in [0.2, 0.25) is 47.3 Å². The lowest BCUT2D eigenvalue weighted by molar-refractivity contribution is -0.867. The van der Waals surface area contributed by atoms with Crippen molar-refractivity contribution in [1.29, 1.82) is 0 Å². The highest BCUT2D eigenvalue weighted by Crippen LogP contribution is 2.28. The molecule has 25 nitrogen and oxygen atoms in total. The monoisotopic (exact) mass is 1170 g/mol. The van der Waals surface area contributed by atoms with E-state index in [4.69, 9.17) is 5.73 Å². The topological polar surface area (TPSA) is 391 Å². The molecule has 81 heavy (non-hydrogen) atoms. The number of nitrogens with one attached hydrogen (secondary N) is 5. The number of hydrogen-bond acceptors (Lipinski definition) is 17. The fourth-order valence-corrected chi connectivity index (χ4v) is 11.8. The largest absolute Gasteiger partial charge is 0.508 e. The van der Waals surface area contributed by atoms with Gasteiger partial charge in [-0.05, 0) is 55.7 Å². The number of benzene rings is 1. The van der Waals surface area contributed by atoms with Gasteiger partial charge in [0, 0.05) is 38.1 Å². The average molecular weight is 1170 g/mol. The van der Waals surface area contributed by atoms with E-state index in [0.717, 1.165) is 79.1 Å². The van der Waals surface area contributed by atoms with E-state index in [1.165, 1.54) is 18.6 Å². The van der Waals surface area contributed by atoms with Crippen molar-refractivity contribution in [2.45, 2.75) is 202 Å². The average Bonchev–Trinajstić information content (AvgIpc) is 4.17. The Kier molecular flexibility index (Phi) is 27.0. The van der Waals surface area contributed by atoms with Crippen molar-refractivity contribution in [2.75, 3.05) is 46.5 Å². The van der Waals surface area contributed by atoms with Crippen LogP contribution in [0.15, 0.2) is 24.3 Å². The number of unbranched alkanes of at least 4 members (excludes halogenated alkanes) is 5. The molecule has 0 aromatic heterocycles. The SMILES string of the molecule is CCC(C)CC(C)CCCCCCCCC(=O)NC1C[C@@H](O)C(SCC[N+](C)(C)C)NC(=O)C2[C@@H](O)CCN2C(=O)C([C@H](O)CC(N)=O)NC(=O)C(C(O)[C@@H](O)c2ccc(O)cc2)NC(=O)C2C[C@@H](O)CN2C(=O)C([C@@H](C)O)NC1=O. The molecular weight excluding hydrogens is 1070 g/mol. The number of quaternary nitrogens is 1. The van der Waals surface area contributed by atoms with E-state index in [1.54, 1.807) is 0 Å². The summed E-state index contributed by atoms with van der Waals surface area (Å²) >= 11 is 1.04. The van der Waals surface area contributed by atoms with E-state index >= 15 is 0 Å². The Bertz CT molecular complexity index is 2260. The predicted octanol–water partition coefficient (Wildman–Crippen LogP) is -1.89. The number of thioether (sulfide) groups is 1. The van der Waals surface area contributed by atoms with Gasteiger partial charge in [0.25, 0.3) is 0 Å². The number of nitrogens with two attached hydrogens (primary N) is 1. The molecule has 0 radical (unpaired) electrons. The van der Waals surface area contributed by atoms with Gasteiger partial charge >= 0.3 is 0 Å². The first-order chi connectivity index (χ1) is 38.0. The first kappa shape index (κ1) is 68.3. The fraction of sp³-hybridized carbons (Fsp3) is 0.745. The number of rotatable bonds is 24. The lowest BCUT2D eigenvalue weighted by Gasteiger charge is -2.35. The second-order valence-electron chi connectivity index (χ2n) is 23.4. The number of phenolic OH excluding ortho intramolecular Hbond substituents is 1. The molecule has 458 valence electrons. The van der Waals surface area contributed by atoms with E-state index in [0.29, 0.717) is 35.7 Å². The number of amides is 8. The highest BCUT2D eigenvalue weighted by Gasteiger charge is 2.49. The van der Waals surface area contributed by atoms with Crippen molar-refractivity contribution in [2.24, 2.45) is 17.6 Å². The van der Waals surface area contributed by atoms with Crippen LogP contribution in [0.3, 0.4) is 0 Å². The fourth-order valence-electron chi connectivity index (χ4n) is 10.4. The minimum Gasteiger partial charge on any atom is -0.508 e. The van der Waals surface area contributed by atoms with Gasteiger partial charge in [-0.1, -0.05) is 77.8 Å². The number of hydrogen-bond donors (Lipinski definition) is 14. The second kappa shape index (κ2) is 32.0. The first-order valence-electron chi connectivity index (χ1n) is 28.4. The lowest BCUT2D eigenvalue weighted by atomic mass is 9.91. The zero-order valence-electron chi connectivity index (χ0n) is 47.9. The van der Waals surface area contributed by atoms with Crippen molar-refractivity contribution < 1.29 is 83.7 Å². The molecule has 3 heterocycles. The Labute approximate surface area is 479 Å². The number of carbonyl (C=O) groups is 8. The van der Waals surface area contributed by atoms with Crippen LogP contribution in [0, 0.1) is 11.8 Å². The molecule has 0 spiro atoms. The van der Waals surface area contributed by atoms with Crippen LogP contribution >= 0.6 is 11.8 Å². The molecule has 3 aliphatic rings. The Morgan fingerprint density at radius 2 is 1.36 bits per heavy atom. The van der Waals surface area contributed by atoms with Crippen molar-refractivity contribution in [3.8, 4) is 5.75 Å². The molecule has 0 bridgehead atoms. The summed E-state index contributed by atoms with van der Waals surface area (Å²) < 4.78 is 0.436. The van der Waals surface area contributed by atoms with Crippen LogP contribution in [-0.2, 0) is 38.4 Å². The number of nitrogens with zero attached hydrogens (tertiary/aromatic N) is 3. The second-order valence-corrected chi connectivity index (χ2v) is 24.7. The molecule has 1 aromatic carbocycles. The van der Waals surface area contributed by atoms with E-state index in [-0.39, 0.29) is 36.5 Å². The normalized spacial score (nSPS) is 28.0. The first-order valence-corrected chi connectivity index (χ1v) is 29.5. The quantitative estimate of drug-likeness (QED) is 0.0397. The van der Waals surface area contributed by atoms with Gasteiger partial charge in [0.05, 0.1) is 64.6 Å². The zero-order valence-corrected chi connectivity index (χ0v) is 48.8. The third-order valence-electron chi connectivity index (χ3n) is 15.3. The molecule has 1 aromatic rings. The van der Waals surface area contributed by atoms with Gasteiger partial charge in [-0.2, -0.15) is 0 Å². The number of primary amides is 1. The number of aliphatic hydroxyl groups is 7. The van der Waals surface area contributed by atoms with Gasteiger partial charge < -0.3 is 87.5 Å². The molecule has 26 heteroatoms. The summed E-state index contributed by atoms with van der Waals surface area (Å²) in [6, 6.07) is -6.88. The Morgan fingerprint density at radius 1 is 0.753 bits per heavy atom. The maximum atomic E-state index is 14.7. The number of carbonyl (C=O) groups excluding carboxylic acids is 8. The number of phenols is 1. The summed E-state index contributed by atoms with van der Waals surface area (Å²) in [5.41, 5.74) is 5.32. The van der Waals surface area contributed by atoms with Crippen LogP contribution in [0.25, 0.3) is 0 Å². The molecule has 0 aliphatic carbocycles. The summed E-state index contributed by atoms with van der Waals surface area (Å²) in [5.74, 6) is -7.59. The van der Waals surface area contributed by atoms with E-state index < -0.39 is 157 Å². The molecule has 3 saturated heterocycles. The molecular formula is C55H92N9O16S+. The Hall–Kier alpha value is -5.19. The Morgan fingerprint density at radius 3 is 1.98 bits per heavy atom. The highest BCUT2D eigenvalue weighted by molar-refractivity contribution is 7.99. The van der Waals surface area contributed by atoms with Gasteiger partial charge in [-0.3, -0.25) is 38.4 Å². The van der Waals surface area contributed by atoms with Crippen molar-refractivity contribution in [3.05, 3.63) is 29.8 Å². The lowest BCUT2D eigenvalue weighted by Crippen LogP contribution is -2.64. The summed E-state index contributed by atoms with van der Waals surface area (Å²) in [7, 11) is 5.70. The van der Waals surface area contributed by atoms with Crippen molar-refractivity contribution in [3.63, 3.8) is 0 Å². The molecule has 10 unspecified atom stereocenters. The number of aromatic hydroxyl groups is 1. The van der Waals surface area contributed by atoms with Gasteiger partial charge in [0.1, 0.15) is 59.6 Å². The van der Waals surface area contributed by atoms with Crippen LogP contribution in [-0.4, -0.2) is 227 Å². The minimum absolute atomic E-state index is 0.0248. The number of aliphatic hydroxyl groups excluding tert-OH is 7. The third kappa shape index (κ3) is 20.9. The van der Waals surface area contributed by atoms with Crippen molar-refractivity contribution >= 4 is 59.0 Å². The maximum absolute atomic E-state index is 14.7.